The average Bonchev–Trinajstić information content (AvgIpc) is 3.57. The molecule has 0 bridgehead atoms. The summed E-state index contributed by atoms with van der Waals surface area (Å²) in [5.74, 6) is -0.116. The van der Waals surface area contributed by atoms with Crippen LogP contribution in [0.2, 0.25) is 0 Å². The zero-order chi connectivity index (χ0) is 21.1. The Morgan fingerprint density at radius 2 is 1.90 bits per heavy atom. The third kappa shape index (κ3) is 4.21. The summed E-state index contributed by atoms with van der Waals surface area (Å²) >= 11 is 0. The van der Waals surface area contributed by atoms with Crippen LogP contribution in [-0.2, 0) is 21.8 Å². The van der Waals surface area contributed by atoms with Crippen LogP contribution in [0.1, 0.15) is 11.1 Å². The van der Waals surface area contributed by atoms with Crippen LogP contribution < -0.4 is 4.74 Å². The zero-order valence-electron chi connectivity index (χ0n) is 17.2. The Balaban J connectivity index is 1.27. The van der Waals surface area contributed by atoms with Crippen LogP contribution in [0.4, 0.5) is 0 Å². The summed E-state index contributed by atoms with van der Waals surface area (Å²) in [6, 6.07) is 15.9. The van der Waals surface area contributed by atoms with E-state index in [4.69, 9.17) is 14.2 Å². The molecule has 0 saturated carbocycles. The van der Waals surface area contributed by atoms with Crippen LogP contribution in [0.3, 0.4) is 0 Å². The Morgan fingerprint density at radius 1 is 1.06 bits per heavy atom. The molecule has 0 amide bonds. The van der Waals surface area contributed by atoms with Crippen molar-refractivity contribution >= 4 is 0 Å². The third-order valence-corrected chi connectivity index (χ3v) is 5.26. The van der Waals surface area contributed by atoms with E-state index in [1.165, 1.54) is 11.9 Å². The number of benzene rings is 2. The topological polar surface area (TPSA) is 76.2 Å². The highest BCUT2D eigenvalue weighted by Crippen LogP contribution is 2.36. The lowest BCUT2D eigenvalue weighted by Gasteiger charge is -2.29. The van der Waals surface area contributed by atoms with Gasteiger partial charge < -0.3 is 18.8 Å². The Kier molecular flexibility index (Phi) is 5.23. The van der Waals surface area contributed by atoms with Gasteiger partial charge in [0.25, 0.3) is 0 Å². The van der Waals surface area contributed by atoms with E-state index >= 15 is 0 Å². The molecule has 2 aromatic carbocycles. The maximum Gasteiger partial charge on any atom is 0.214 e. The molecule has 0 N–H and O–H groups in total. The fourth-order valence-corrected chi connectivity index (χ4v) is 3.63. The highest BCUT2D eigenvalue weighted by molar-refractivity contribution is 5.36. The number of ether oxygens (including phenoxy) is 3. The van der Waals surface area contributed by atoms with Crippen molar-refractivity contribution in [3.8, 4) is 11.4 Å². The third-order valence-electron chi connectivity index (χ3n) is 5.26. The van der Waals surface area contributed by atoms with Crippen LogP contribution in [0.5, 0.6) is 5.75 Å². The van der Waals surface area contributed by atoms with Crippen LogP contribution in [-0.4, -0.2) is 43.6 Å². The first kappa shape index (κ1) is 19.5. The van der Waals surface area contributed by atoms with Gasteiger partial charge in [-0.3, -0.25) is 0 Å². The van der Waals surface area contributed by atoms with Gasteiger partial charge in [0.15, 0.2) is 0 Å². The van der Waals surface area contributed by atoms with Gasteiger partial charge in [0.05, 0.1) is 25.2 Å². The van der Waals surface area contributed by atoms with Gasteiger partial charge in [-0.1, -0.05) is 29.8 Å². The van der Waals surface area contributed by atoms with E-state index in [1.54, 1.807) is 23.5 Å². The van der Waals surface area contributed by atoms with E-state index in [9.17, 15) is 0 Å². The molecule has 3 heterocycles. The largest absolute Gasteiger partial charge is 0.491 e. The lowest BCUT2D eigenvalue weighted by molar-refractivity contribution is -0.189. The van der Waals surface area contributed by atoms with Crippen molar-refractivity contribution in [1.82, 2.24) is 24.3 Å². The fourth-order valence-electron chi connectivity index (χ4n) is 3.63. The van der Waals surface area contributed by atoms with Crippen molar-refractivity contribution < 1.29 is 14.2 Å². The van der Waals surface area contributed by atoms with E-state index in [2.05, 4.69) is 46.3 Å². The first-order valence-corrected chi connectivity index (χ1v) is 10.1. The SMILES string of the molecule is Cc1ccc(C2(Cn3ccnc3)OCC(COc3ccc(-n4cncn4)cc3)O2)cc1. The highest BCUT2D eigenvalue weighted by atomic mass is 16.8. The Bertz CT molecular complexity index is 1100. The maximum absolute atomic E-state index is 6.43. The molecule has 1 aliphatic rings. The van der Waals surface area contributed by atoms with E-state index < -0.39 is 5.79 Å². The normalized spacial score (nSPS) is 20.7. The van der Waals surface area contributed by atoms with Crippen LogP contribution in [0.15, 0.2) is 79.9 Å². The molecular formula is C23H23N5O3. The highest BCUT2D eigenvalue weighted by Gasteiger charge is 2.44. The second-order valence-corrected chi connectivity index (χ2v) is 7.55. The summed E-state index contributed by atoms with van der Waals surface area (Å²) in [7, 11) is 0. The summed E-state index contributed by atoms with van der Waals surface area (Å²) in [5.41, 5.74) is 3.09. The van der Waals surface area contributed by atoms with Crippen molar-refractivity contribution in [2.75, 3.05) is 13.2 Å². The molecule has 1 fully saturated rings. The summed E-state index contributed by atoms with van der Waals surface area (Å²) in [4.78, 5) is 8.10. The lowest BCUT2D eigenvalue weighted by Crippen LogP contribution is -2.34. The van der Waals surface area contributed by atoms with Gasteiger partial charge in [-0.2, -0.15) is 5.10 Å². The number of rotatable bonds is 7. The molecule has 0 spiro atoms. The molecule has 8 nitrogen and oxygen atoms in total. The molecule has 1 saturated heterocycles. The van der Waals surface area contributed by atoms with Crippen molar-refractivity contribution in [3.63, 3.8) is 0 Å². The second-order valence-electron chi connectivity index (χ2n) is 7.55. The van der Waals surface area contributed by atoms with Crippen molar-refractivity contribution in [2.24, 2.45) is 0 Å². The molecule has 0 aliphatic carbocycles. The van der Waals surface area contributed by atoms with Gasteiger partial charge in [-0.25, -0.2) is 14.6 Å². The molecule has 1 aliphatic heterocycles. The monoisotopic (exact) mass is 417 g/mol. The summed E-state index contributed by atoms with van der Waals surface area (Å²) < 4.78 is 22.3. The minimum Gasteiger partial charge on any atom is -0.491 e. The Morgan fingerprint density at radius 3 is 2.61 bits per heavy atom. The molecule has 158 valence electrons. The minimum absolute atomic E-state index is 0.195. The van der Waals surface area contributed by atoms with Gasteiger partial charge in [0.2, 0.25) is 5.79 Å². The number of aromatic nitrogens is 5. The minimum atomic E-state index is -0.876. The maximum atomic E-state index is 6.43. The van der Waals surface area contributed by atoms with Gasteiger partial charge in [-0.15, -0.1) is 0 Å². The first-order valence-electron chi connectivity index (χ1n) is 10.1. The molecule has 4 aromatic rings. The molecule has 2 atom stereocenters. The van der Waals surface area contributed by atoms with Crippen LogP contribution >= 0.6 is 0 Å². The predicted octanol–water partition coefficient (Wildman–Crippen LogP) is 3.12. The number of nitrogens with zero attached hydrogens (tertiary/aromatic N) is 5. The smallest absolute Gasteiger partial charge is 0.214 e. The Hall–Kier alpha value is -3.49. The van der Waals surface area contributed by atoms with Crippen LogP contribution in [0.25, 0.3) is 5.69 Å². The van der Waals surface area contributed by atoms with E-state index in [0.29, 0.717) is 19.8 Å². The Labute approximate surface area is 180 Å². The van der Waals surface area contributed by atoms with Crippen LogP contribution in [0, 0.1) is 6.92 Å². The van der Waals surface area contributed by atoms with E-state index in [-0.39, 0.29) is 6.10 Å². The number of imidazole rings is 1. The lowest BCUT2D eigenvalue weighted by atomic mass is 10.0. The average molecular weight is 417 g/mol. The molecule has 8 heteroatoms. The molecular weight excluding hydrogens is 394 g/mol. The van der Waals surface area contributed by atoms with Crippen molar-refractivity contribution in [3.05, 3.63) is 91.0 Å². The quantitative estimate of drug-likeness (QED) is 0.460. The summed E-state index contributed by atoms with van der Waals surface area (Å²) in [6.07, 6.45) is 8.39. The van der Waals surface area contributed by atoms with Crippen molar-refractivity contribution in [1.29, 1.82) is 0 Å². The number of aryl methyl sites for hydroxylation is 1. The first-order chi connectivity index (χ1) is 15.2. The molecule has 0 radical (unpaired) electrons. The zero-order valence-corrected chi connectivity index (χ0v) is 17.2. The number of hydrogen-bond donors (Lipinski definition) is 0. The predicted molar refractivity (Wildman–Crippen MR) is 113 cm³/mol. The fraction of sp³-hybridized carbons (Fsp3) is 0.261. The van der Waals surface area contributed by atoms with Gasteiger partial charge in [0.1, 0.15) is 31.1 Å². The molecule has 5 rings (SSSR count). The van der Waals surface area contributed by atoms with Gasteiger partial charge >= 0.3 is 0 Å². The summed E-state index contributed by atoms with van der Waals surface area (Å²) in [5, 5.41) is 4.13. The standard InChI is InChI=1S/C23H23N5O3/c1-18-2-4-19(5-3-18)23(14-27-11-10-24-16-27)30-13-22(31-23)12-29-21-8-6-20(7-9-21)28-17-25-15-26-28/h2-11,15-17,22H,12-14H2,1H3. The molecule has 31 heavy (non-hydrogen) atoms. The van der Waals surface area contributed by atoms with E-state index in [0.717, 1.165) is 17.0 Å². The second kappa shape index (κ2) is 8.33. The van der Waals surface area contributed by atoms with Gasteiger partial charge in [0, 0.05) is 18.0 Å². The van der Waals surface area contributed by atoms with Crippen molar-refractivity contribution in [2.45, 2.75) is 25.4 Å². The van der Waals surface area contributed by atoms with E-state index in [1.807, 2.05) is 35.0 Å². The summed E-state index contributed by atoms with van der Waals surface area (Å²) in [6.45, 7) is 3.41. The molecule has 2 unspecified atom stereocenters. The molecule has 2 aromatic heterocycles. The van der Waals surface area contributed by atoms with Gasteiger partial charge in [-0.05, 0) is 31.2 Å². The number of hydrogen-bond acceptors (Lipinski definition) is 6.